The number of rotatable bonds is 6. The third-order valence-electron chi connectivity index (χ3n) is 5.16. The second kappa shape index (κ2) is 9.38. The van der Waals surface area contributed by atoms with Gasteiger partial charge in [0.2, 0.25) is 10.0 Å². The summed E-state index contributed by atoms with van der Waals surface area (Å²) < 4.78 is 38.1. The Morgan fingerprint density at radius 1 is 1.13 bits per heavy atom. The molecule has 7 nitrogen and oxygen atoms in total. The standard InChI is InChI=1S/C23H30N2O5S/c1-17-8-9-20(31(27,28)25-10-12-29-13-11-25)15-21(17)24-22(26)16-30-19-7-5-6-18(14-19)23(2,3)4/h5-9,14-15H,10-13,16H2,1-4H3,(H,24,26). The molecule has 1 saturated heterocycles. The molecule has 2 aromatic rings. The van der Waals surface area contributed by atoms with E-state index in [1.54, 1.807) is 12.1 Å². The summed E-state index contributed by atoms with van der Waals surface area (Å²) in [4.78, 5) is 12.6. The fourth-order valence-corrected chi connectivity index (χ4v) is 4.65. The van der Waals surface area contributed by atoms with Gasteiger partial charge < -0.3 is 14.8 Å². The van der Waals surface area contributed by atoms with Gasteiger partial charge in [-0.05, 0) is 47.7 Å². The lowest BCUT2D eigenvalue weighted by molar-refractivity contribution is -0.118. The smallest absolute Gasteiger partial charge is 0.262 e. The second-order valence-electron chi connectivity index (χ2n) is 8.61. The van der Waals surface area contributed by atoms with E-state index < -0.39 is 10.0 Å². The Labute approximate surface area is 184 Å². The minimum absolute atomic E-state index is 0.0227. The van der Waals surface area contributed by atoms with Gasteiger partial charge in [0.25, 0.3) is 5.91 Å². The lowest BCUT2D eigenvalue weighted by Crippen LogP contribution is -2.40. The van der Waals surface area contributed by atoms with Gasteiger partial charge in [-0.2, -0.15) is 4.31 Å². The number of nitrogens with zero attached hydrogens (tertiary/aromatic N) is 1. The van der Waals surface area contributed by atoms with Gasteiger partial charge in [0.05, 0.1) is 18.1 Å². The molecule has 1 aliphatic heterocycles. The van der Waals surface area contributed by atoms with E-state index in [0.717, 1.165) is 11.1 Å². The zero-order valence-electron chi connectivity index (χ0n) is 18.5. The molecule has 0 aromatic heterocycles. The van der Waals surface area contributed by atoms with E-state index in [9.17, 15) is 13.2 Å². The first-order chi connectivity index (χ1) is 14.6. The van der Waals surface area contributed by atoms with Gasteiger partial charge in [0.1, 0.15) is 5.75 Å². The van der Waals surface area contributed by atoms with Crippen molar-refractivity contribution in [2.75, 3.05) is 38.2 Å². The van der Waals surface area contributed by atoms with Crippen LogP contribution < -0.4 is 10.1 Å². The second-order valence-corrected chi connectivity index (χ2v) is 10.5. The number of carbonyl (C=O) groups excluding carboxylic acids is 1. The molecular weight excluding hydrogens is 416 g/mol. The largest absolute Gasteiger partial charge is 0.484 e. The van der Waals surface area contributed by atoms with Crippen LogP contribution in [-0.4, -0.2) is 51.5 Å². The van der Waals surface area contributed by atoms with Crippen molar-refractivity contribution in [2.45, 2.75) is 38.0 Å². The van der Waals surface area contributed by atoms with E-state index in [1.807, 2.05) is 31.2 Å². The molecule has 168 valence electrons. The van der Waals surface area contributed by atoms with E-state index in [0.29, 0.717) is 37.7 Å². The lowest BCUT2D eigenvalue weighted by atomic mass is 9.87. The molecule has 1 amide bonds. The van der Waals surface area contributed by atoms with Crippen molar-refractivity contribution in [3.63, 3.8) is 0 Å². The number of aryl methyl sites for hydroxylation is 1. The van der Waals surface area contributed by atoms with Crippen LogP contribution in [0.1, 0.15) is 31.9 Å². The number of amides is 1. The summed E-state index contributed by atoms with van der Waals surface area (Å²) in [6, 6.07) is 12.4. The number of benzene rings is 2. The minimum Gasteiger partial charge on any atom is -0.484 e. The maximum Gasteiger partial charge on any atom is 0.262 e. The monoisotopic (exact) mass is 446 g/mol. The van der Waals surface area contributed by atoms with Gasteiger partial charge in [0, 0.05) is 18.8 Å². The summed E-state index contributed by atoms with van der Waals surface area (Å²) in [5.74, 6) is 0.258. The highest BCUT2D eigenvalue weighted by atomic mass is 32.2. The number of nitrogens with one attached hydrogen (secondary N) is 1. The van der Waals surface area contributed by atoms with Crippen LogP contribution in [0, 0.1) is 6.92 Å². The third kappa shape index (κ3) is 5.84. The topological polar surface area (TPSA) is 84.9 Å². The van der Waals surface area contributed by atoms with Crippen molar-refractivity contribution in [1.29, 1.82) is 0 Å². The highest BCUT2D eigenvalue weighted by molar-refractivity contribution is 7.89. The number of hydrogen-bond acceptors (Lipinski definition) is 5. The molecule has 0 bridgehead atoms. The zero-order valence-corrected chi connectivity index (χ0v) is 19.3. The maximum atomic E-state index is 12.9. The van der Waals surface area contributed by atoms with Crippen molar-refractivity contribution < 1.29 is 22.7 Å². The van der Waals surface area contributed by atoms with Crippen LogP contribution >= 0.6 is 0 Å². The fourth-order valence-electron chi connectivity index (χ4n) is 3.22. The van der Waals surface area contributed by atoms with Crippen molar-refractivity contribution in [3.05, 3.63) is 53.6 Å². The molecule has 0 atom stereocenters. The normalized spacial score (nSPS) is 15.5. The first-order valence-corrected chi connectivity index (χ1v) is 11.7. The van der Waals surface area contributed by atoms with Crippen LogP contribution in [0.2, 0.25) is 0 Å². The SMILES string of the molecule is Cc1ccc(S(=O)(=O)N2CCOCC2)cc1NC(=O)COc1cccc(C(C)(C)C)c1. The molecule has 0 spiro atoms. The highest BCUT2D eigenvalue weighted by Crippen LogP contribution is 2.26. The van der Waals surface area contributed by atoms with Crippen LogP contribution in [0.4, 0.5) is 5.69 Å². The van der Waals surface area contributed by atoms with Gasteiger partial charge in [-0.3, -0.25) is 4.79 Å². The number of anilines is 1. The number of hydrogen-bond donors (Lipinski definition) is 1. The van der Waals surface area contributed by atoms with Crippen molar-refractivity contribution in [3.8, 4) is 5.75 Å². The summed E-state index contributed by atoms with van der Waals surface area (Å²) in [7, 11) is -3.64. The minimum atomic E-state index is -3.64. The quantitative estimate of drug-likeness (QED) is 0.736. The summed E-state index contributed by atoms with van der Waals surface area (Å²) in [6.07, 6.45) is 0. The van der Waals surface area contributed by atoms with Crippen LogP contribution in [0.15, 0.2) is 47.4 Å². The molecule has 1 aliphatic rings. The molecule has 0 radical (unpaired) electrons. The highest BCUT2D eigenvalue weighted by Gasteiger charge is 2.27. The van der Waals surface area contributed by atoms with E-state index in [1.165, 1.54) is 10.4 Å². The predicted molar refractivity (Wildman–Crippen MR) is 120 cm³/mol. The number of ether oxygens (including phenoxy) is 2. The van der Waals surface area contributed by atoms with Gasteiger partial charge >= 0.3 is 0 Å². The summed E-state index contributed by atoms with van der Waals surface area (Å²) >= 11 is 0. The van der Waals surface area contributed by atoms with Gasteiger partial charge in [-0.25, -0.2) is 8.42 Å². The summed E-state index contributed by atoms with van der Waals surface area (Å²) in [5, 5.41) is 2.77. The predicted octanol–water partition coefficient (Wildman–Crippen LogP) is 3.33. The van der Waals surface area contributed by atoms with Crippen LogP contribution in [0.25, 0.3) is 0 Å². The van der Waals surface area contributed by atoms with E-state index >= 15 is 0 Å². The molecule has 0 unspecified atom stereocenters. The lowest BCUT2D eigenvalue weighted by Gasteiger charge is -2.26. The van der Waals surface area contributed by atoms with E-state index in [-0.39, 0.29) is 22.8 Å². The number of carbonyl (C=O) groups is 1. The van der Waals surface area contributed by atoms with Crippen LogP contribution in [0.3, 0.4) is 0 Å². The molecule has 8 heteroatoms. The average Bonchev–Trinajstić information content (AvgIpc) is 2.74. The summed E-state index contributed by atoms with van der Waals surface area (Å²) in [5.41, 5.74) is 2.31. The molecule has 1 fully saturated rings. The van der Waals surface area contributed by atoms with Gasteiger partial charge in [-0.15, -0.1) is 0 Å². The van der Waals surface area contributed by atoms with Gasteiger partial charge in [0.15, 0.2) is 6.61 Å². The molecule has 0 aliphatic carbocycles. The molecule has 0 saturated carbocycles. The van der Waals surface area contributed by atoms with Crippen LogP contribution in [-0.2, 0) is 25.0 Å². The van der Waals surface area contributed by atoms with E-state index in [2.05, 4.69) is 26.1 Å². The Hall–Kier alpha value is -2.42. The zero-order chi connectivity index (χ0) is 22.6. The Morgan fingerprint density at radius 3 is 2.52 bits per heavy atom. The summed E-state index contributed by atoms with van der Waals surface area (Å²) in [6.45, 7) is 9.37. The Kier molecular flexibility index (Phi) is 7.03. The molecule has 31 heavy (non-hydrogen) atoms. The third-order valence-corrected chi connectivity index (χ3v) is 7.06. The molecule has 1 heterocycles. The molecule has 2 aromatic carbocycles. The first-order valence-electron chi connectivity index (χ1n) is 10.3. The molecular formula is C23H30N2O5S. The average molecular weight is 447 g/mol. The fraction of sp³-hybridized carbons (Fsp3) is 0.435. The number of morpholine rings is 1. The van der Waals surface area contributed by atoms with Gasteiger partial charge in [-0.1, -0.05) is 39.0 Å². The van der Waals surface area contributed by atoms with Crippen molar-refractivity contribution in [2.24, 2.45) is 0 Å². The maximum absolute atomic E-state index is 12.9. The first kappa shape index (κ1) is 23.2. The van der Waals surface area contributed by atoms with Crippen molar-refractivity contribution >= 4 is 21.6 Å². The van der Waals surface area contributed by atoms with Crippen LogP contribution in [0.5, 0.6) is 5.75 Å². The van der Waals surface area contributed by atoms with E-state index in [4.69, 9.17) is 9.47 Å². The Balaban J connectivity index is 1.68. The molecule has 1 N–H and O–H groups in total. The molecule has 3 rings (SSSR count). The Morgan fingerprint density at radius 2 is 1.84 bits per heavy atom. The number of sulfonamides is 1. The Bertz CT molecular complexity index is 1040. The van der Waals surface area contributed by atoms with Crippen molar-refractivity contribution in [1.82, 2.24) is 4.31 Å².